The minimum atomic E-state index is 0. The lowest BCUT2D eigenvalue weighted by atomic mass is 9.85. The summed E-state index contributed by atoms with van der Waals surface area (Å²) in [6, 6.07) is 8.10. The highest BCUT2D eigenvalue weighted by Gasteiger charge is 2.23. The number of hydrogen-bond acceptors (Lipinski definition) is 3. The molecule has 166 valence electrons. The van der Waals surface area contributed by atoms with Gasteiger partial charge in [0.05, 0.1) is 0 Å². The first-order valence-electron chi connectivity index (χ1n) is 10.5. The molecular weight excluding hydrogens is 429 g/mol. The molecule has 2 heterocycles. The van der Waals surface area contributed by atoms with Gasteiger partial charge in [0.25, 0.3) is 0 Å². The Labute approximate surface area is 193 Å². The van der Waals surface area contributed by atoms with Crippen molar-refractivity contribution in [3.63, 3.8) is 0 Å². The number of amides is 1. The minimum absolute atomic E-state index is 0. The first-order chi connectivity index (χ1) is 13.1. The van der Waals surface area contributed by atoms with Crippen LogP contribution in [0.3, 0.4) is 0 Å². The normalized spacial score (nSPS) is 21.5. The molecule has 0 radical (unpaired) electrons. The quantitative estimate of drug-likeness (QED) is 0.623. The molecule has 0 aromatic heterocycles. The van der Waals surface area contributed by atoms with Gasteiger partial charge in [0.1, 0.15) is 0 Å². The van der Waals surface area contributed by atoms with Crippen molar-refractivity contribution in [3.8, 4) is 0 Å². The number of piperidine rings is 2. The van der Waals surface area contributed by atoms with Gasteiger partial charge in [0.2, 0.25) is 5.91 Å². The zero-order valence-corrected chi connectivity index (χ0v) is 19.8. The van der Waals surface area contributed by atoms with Crippen LogP contribution in [0.1, 0.15) is 44.6 Å². The van der Waals surface area contributed by atoms with Crippen molar-refractivity contribution in [2.75, 3.05) is 32.7 Å². The van der Waals surface area contributed by atoms with Crippen molar-refractivity contribution >= 4 is 42.3 Å². The topological polar surface area (TPSA) is 44.4 Å². The lowest BCUT2D eigenvalue weighted by molar-refractivity contribution is -0.122. The summed E-state index contributed by atoms with van der Waals surface area (Å²) in [5, 5.41) is 7.51. The van der Waals surface area contributed by atoms with Crippen molar-refractivity contribution in [2.24, 2.45) is 17.8 Å². The third kappa shape index (κ3) is 8.63. The van der Waals surface area contributed by atoms with E-state index in [0.29, 0.717) is 24.2 Å². The van der Waals surface area contributed by atoms with E-state index < -0.39 is 0 Å². The summed E-state index contributed by atoms with van der Waals surface area (Å²) in [5.41, 5.74) is 1.21. The van der Waals surface area contributed by atoms with Gasteiger partial charge in [0, 0.05) is 24.5 Å². The fourth-order valence-electron chi connectivity index (χ4n) is 4.37. The molecule has 2 aliphatic heterocycles. The molecule has 2 N–H and O–H groups in total. The Kier molecular flexibility index (Phi) is 12.5. The molecule has 2 aliphatic rings. The lowest BCUT2D eigenvalue weighted by Crippen LogP contribution is -2.39. The molecule has 0 saturated carbocycles. The van der Waals surface area contributed by atoms with Crippen molar-refractivity contribution in [2.45, 2.75) is 45.6 Å². The van der Waals surface area contributed by atoms with Crippen molar-refractivity contribution in [1.29, 1.82) is 0 Å². The molecule has 2 saturated heterocycles. The van der Waals surface area contributed by atoms with Crippen molar-refractivity contribution in [1.82, 2.24) is 15.5 Å². The third-order valence-electron chi connectivity index (χ3n) is 6.29. The minimum Gasteiger partial charge on any atom is -0.356 e. The number of rotatable bonds is 7. The maximum atomic E-state index is 12.3. The van der Waals surface area contributed by atoms with Crippen molar-refractivity contribution in [3.05, 3.63) is 34.9 Å². The third-order valence-corrected chi connectivity index (χ3v) is 6.66. The van der Waals surface area contributed by atoms with E-state index >= 15 is 0 Å². The molecule has 3 rings (SSSR count). The van der Waals surface area contributed by atoms with Crippen LogP contribution in [-0.4, -0.2) is 43.5 Å². The van der Waals surface area contributed by atoms with Crippen LogP contribution in [0.15, 0.2) is 24.3 Å². The number of halogens is 3. The van der Waals surface area contributed by atoms with Crippen LogP contribution in [0.2, 0.25) is 5.02 Å². The zero-order valence-electron chi connectivity index (χ0n) is 17.4. The highest BCUT2D eigenvalue weighted by Crippen LogP contribution is 2.24. The summed E-state index contributed by atoms with van der Waals surface area (Å²) in [6.45, 7) is 8.33. The fourth-order valence-corrected chi connectivity index (χ4v) is 4.57. The van der Waals surface area contributed by atoms with E-state index in [-0.39, 0.29) is 30.7 Å². The Morgan fingerprint density at radius 3 is 2.62 bits per heavy atom. The number of carbonyl (C=O) groups is 1. The summed E-state index contributed by atoms with van der Waals surface area (Å²) < 4.78 is 0. The smallest absolute Gasteiger partial charge is 0.220 e. The van der Waals surface area contributed by atoms with Gasteiger partial charge in [-0.3, -0.25) is 9.69 Å². The average molecular weight is 465 g/mol. The van der Waals surface area contributed by atoms with E-state index in [1.54, 1.807) is 0 Å². The predicted molar refractivity (Wildman–Crippen MR) is 126 cm³/mol. The van der Waals surface area contributed by atoms with E-state index in [4.69, 9.17) is 11.6 Å². The van der Waals surface area contributed by atoms with Gasteiger partial charge >= 0.3 is 0 Å². The Hall–Kier alpha value is -0.520. The van der Waals surface area contributed by atoms with Crippen molar-refractivity contribution < 1.29 is 4.79 Å². The molecule has 2 unspecified atom stereocenters. The number of likely N-dealkylation sites (tertiary alicyclic amines) is 1. The van der Waals surface area contributed by atoms with Crippen LogP contribution in [-0.2, 0) is 11.3 Å². The highest BCUT2D eigenvalue weighted by molar-refractivity contribution is 6.31. The van der Waals surface area contributed by atoms with Gasteiger partial charge in [-0.2, -0.15) is 0 Å². The van der Waals surface area contributed by atoms with E-state index in [1.165, 1.54) is 18.4 Å². The standard InChI is InChI=1S/C22H34ClN3O.2ClH/c1-17(19-6-4-10-24-15-19)13-22(27)25-14-18-8-11-26(12-9-18)16-20-5-2-3-7-21(20)23;;/h2-3,5,7,17-19,24H,4,6,8-16H2,1H3,(H,25,27);2*1H. The van der Waals surface area contributed by atoms with Gasteiger partial charge in [0.15, 0.2) is 0 Å². The van der Waals surface area contributed by atoms with Crippen LogP contribution in [0, 0.1) is 17.8 Å². The Morgan fingerprint density at radius 2 is 1.97 bits per heavy atom. The molecular formula is C22H36Cl3N3O. The second kappa shape index (κ2) is 13.7. The zero-order chi connectivity index (χ0) is 19.1. The Balaban J connectivity index is 0.00000210. The highest BCUT2D eigenvalue weighted by atomic mass is 35.5. The van der Waals surface area contributed by atoms with Crippen LogP contribution in [0.4, 0.5) is 0 Å². The summed E-state index contributed by atoms with van der Waals surface area (Å²) >= 11 is 6.28. The number of carbonyl (C=O) groups excluding carboxylic acids is 1. The van der Waals surface area contributed by atoms with E-state index in [9.17, 15) is 4.79 Å². The molecule has 2 fully saturated rings. The van der Waals surface area contributed by atoms with Crippen LogP contribution >= 0.6 is 36.4 Å². The molecule has 1 amide bonds. The number of nitrogens with one attached hydrogen (secondary N) is 2. The summed E-state index contributed by atoms with van der Waals surface area (Å²) in [6.07, 6.45) is 5.45. The number of benzene rings is 1. The van der Waals surface area contributed by atoms with Gasteiger partial charge in [-0.1, -0.05) is 36.7 Å². The molecule has 0 spiro atoms. The monoisotopic (exact) mass is 463 g/mol. The second-order valence-electron chi connectivity index (χ2n) is 8.40. The Bertz CT molecular complexity index is 603. The summed E-state index contributed by atoms with van der Waals surface area (Å²) in [7, 11) is 0. The summed E-state index contributed by atoms with van der Waals surface area (Å²) in [4.78, 5) is 14.8. The maximum absolute atomic E-state index is 12.3. The molecule has 1 aromatic rings. The molecule has 7 heteroatoms. The molecule has 0 aliphatic carbocycles. The van der Waals surface area contributed by atoms with E-state index in [0.717, 1.165) is 57.1 Å². The van der Waals surface area contributed by atoms with Crippen LogP contribution in [0.5, 0.6) is 0 Å². The van der Waals surface area contributed by atoms with Gasteiger partial charge in [-0.05, 0) is 81.2 Å². The fraction of sp³-hybridized carbons (Fsp3) is 0.682. The molecule has 29 heavy (non-hydrogen) atoms. The number of hydrogen-bond donors (Lipinski definition) is 2. The van der Waals surface area contributed by atoms with Gasteiger partial charge in [-0.25, -0.2) is 0 Å². The Morgan fingerprint density at radius 1 is 1.24 bits per heavy atom. The second-order valence-corrected chi connectivity index (χ2v) is 8.81. The predicted octanol–water partition coefficient (Wildman–Crippen LogP) is 4.54. The molecule has 4 nitrogen and oxygen atoms in total. The van der Waals surface area contributed by atoms with Gasteiger partial charge in [-0.15, -0.1) is 24.8 Å². The first kappa shape index (κ1) is 26.5. The van der Waals surface area contributed by atoms with E-state index in [2.05, 4.69) is 28.5 Å². The van der Waals surface area contributed by atoms with E-state index in [1.807, 2.05) is 18.2 Å². The maximum Gasteiger partial charge on any atom is 0.220 e. The first-order valence-corrected chi connectivity index (χ1v) is 10.9. The largest absolute Gasteiger partial charge is 0.356 e. The van der Waals surface area contributed by atoms with Crippen LogP contribution in [0.25, 0.3) is 0 Å². The lowest BCUT2D eigenvalue weighted by Gasteiger charge is -2.32. The summed E-state index contributed by atoms with van der Waals surface area (Å²) in [5.74, 6) is 1.95. The molecule has 1 aromatic carbocycles. The molecule has 0 bridgehead atoms. The number of nitrogens with zero attached hydrogens (tertiary/aromatic N) is 1. The van der Waals surface area contributed by atoms with Crippen LogP contribution < -0.4 is 10.6 Å². The van der Waals surface area contributed by atoms with Gasteiger partial charge < -0.3 is 10.6 Å². The molecule has 2 atom stereocenters. The average Bonchev–Trinajstić information content (AvgIpc) is 2.70. The SMILES string of the molecule is CC(CC(=O)NCC1CCN(Cc2ccccc2Cl)CC1)C1CCCNC1.Cl.Cl.